The van der Waals surface area contributed by atoms with Crippen molar-refractivity contribution in [1.29, 1.82) is 0 Å². The Morgan fingerprint density at radius 1 is 1.23 bits per heavy atom. The molecule has 2 fully saturated rings. The average Bonchev–Trinajstić information content (AvgIpc) is 3.52. The number of methoxy groups -OCH3 is 1. The maximum atomic E-state index is 16.1. The van der Waals surface area contributed by atoms with E-state index in [1.807, 2.05) is 17.9 Å². The Morgan fingerprint density at radius 2 is 1.98 bits per heavy atom. The number of hydrogen-bond acceptors (Lipinski definition) is 6. The SMILES string of the molecule is COc1cc(C(N)=O)ccc1N1CN2[C@@H](CC(C)(C)C)C3(C(=O)Nc4cc(C)ncc43)[C@@H](c3cccc(Cl)c3F)[C@@H]2C1=O. The molecule has 0 bridgehead atoms. The number of hydrogen-bond donors (Lipinski definition) is 2. The van der Waals surface area contributed by atoms with Crippen LogP contribution in [0, 0.1) is 18.2 Å². The molecule has 3 N–H and O–H groups in total. The molecule has 224 valence electrons. The van der Waals surface area contributed by atoms with E-state index >= 15 is 4.39 Å². The topological polar surface area (TPSA) is 118 Å². The van der Waals surface area contributed by atoms with Gasteiger partial charge in [-0.2, -0.15) is 0 Å². The molecule has 0 saturated carbocycles. The third-order valence-corrected chi connectivity index (χ3v) is 9.19. The van der Waals surface area contributed by atoms with Gasteiger partial charge < -0.3 is 15.8 Å². The van der Waals surface area contributed by atoms with Crippen LogP contribution in [-0.2, 0) is 15.0 Å². The van der Waals surface area contributed by atoms with Crippen molar-refractivity contribution >= 4 is 40.7 Å². The summed E-state index contributed by atoms with van der Waals surface area (Å²) in [6.45, 7) is 8.17. The monoisotopic (exact) mass is 605 g/mol. The second-order valence-corrected chi connectivity index (χ2v) is 13.1. The predicted molar refractivity (Wildman–Crippen MR) is 161 cm³/mol. The Morgan fingerprint density at radius 3 is 2.65 bits per heavy atom. The van der Waals surface area contributed by atoms with Crippen LogP contribution in [0.3, 0.4) is 0 Å². The van der Waals surface area contributed by atoms with Gasteiger partial charge in [-0.15, -0.1) is 0 Å². The highest BCUT2D eigenvalue weighted by atomic mass is 35.5. The van der Waals surface area contributed by atoms with Crippen LogP contribution < -0.4 is 20.7 Å². The summed E-state index contributed by atoms with van der Waals surface area (Å²) in [6, 6.07) is 9.72. The lowest BCUT2D eigenvalue weighted by Crippen LogP contribution is -2.52. The molecule has 43 heavy (non-hydrogen) atoms. The number of aromatic nitrogens is 1. The maximum absolute atomic E-state index is 16.1. The number of amides is 3. The van der Waals surface area contributed by atoms with Crippen molar-refractivity contribution in [2.75, 3.05) is 24.0 Å². The van der Waals surface area contributed by atoms with Gasteiger partial charge in [-0.1, -0.05) is 44.5 Å². The summed E-state index contributed by atoms with van der Waals surface area (Å²) in [5.74, 6) is -2.56. The Bertz CT molecular complexity index is 1690. The smallest absolute Gasteiger partial charge is 0.248 e. The minimum absolute atomic E-state index is 0.0925. The summed E-state index contributed by atoms with van der Waals surface area (Å²) in [5.41, 5.74) is 6.71. The molecule has 4 heterocycles. The molecule has 9 nitrogen and oxygen atoms in total. The van der Waals surface area contributed by atoms with Gasteiger partial charge in [0.2, 0.25) is 17.7 Å². The quantitative estimate of drug-likeness (QED) is 0.433. The maximum Gasteiger partial charge on any atom is 0.248 e. The second kappa shape index (κ2) is 10.0. The van der Waals surface area contributed by atoms with Crippen molar-refractivity contribution in [3.05, 3.63) is 81.9 Å². The highest BCUT2D eigenvalue weighted by Crippen LogP contribution is 2.61. The third-order valence-electron chi connectivity index (χ3n) is 8.90. The molecule has 3 aliphatic heterocycles. The molecule has 1 aromatic heterocycles. The fraction of sp³-hybridized carbons (Fsp3) is 0.375. The first-order valence-corrected chi connectivity index (χ1v) is 14.4. The van der Waals surface area contributed by atoms with Crippen LogP contribution >= 0.6 is 11.6 Å². The van der Waals surface area contributed by atoms with Gasteiger partial charge in [0.25, 0.3) is 0 Å². The van der Waals surface area contributed by atoms with Crippen LogP contribution in [0.4, 0.5) is 15.8 Å². The Hall–Kier alpha value is -4.02. The molecule has 1 unspecified atom stereocenters. The number of nitrogens with two attached hydrogens (primary N) is 1. The van der Waals surface area contributed by atoms with E-state index in [-0.39, 0.29) is 40.0 Å². The molecule has 4 atom stereocenters. The summed E-state index contributed by atoms with van der Waals surface area (Å²) >= 11 is 6.32. The van der Waals surface area contributed by atoms with E-state index in [0.29, 0.717) is 29.1 Å². The zero-order chi connectivity index (χ0) is 31.0. The number of primary amides is 1. The molecular weight excluding hydrogens is 573 g/mol. The minimum Gasteiger partial charge on any atom is -0.495 e. The molecule has 0 aliphatic carbocycles. The van der Waals surface area contributed by atoms with Gasteiger partial charge in [0.05, 0.1) is 30.5 Å². The number of ether oxygens (including phenoxy) is 1. The fourth-order valence-corrected chi connectivity index (χ4v) is 7.41. The van der Waals surface area contributed by atoms with E-state index in [4.69, 9.17) is 22.1 Å². The number of carbonyl (C=O) groups excluding carboxylic acids is 3. The molecular formula is C32H33ClFN5O4. The number of aryl methyl sites for hydroxylation is 1. The number of halogens is 2. The van der Waals surface area contributed by atoms with Gasteiger partial charge in [-0.3, -0.25) is 29.2 Å². The first-order valence-electron chi connectivity index (χ1n) is 14.1. The molecule has 1 spiro atoms. The van der Waals surface area contributed by atoms with Crippen molar-refractivity contribution in [3.8, 4) is 5.75 Å². The first-order chi connectivity index (χ1) is 20.3. The van der Waals surface area contributed by atoms with E-state index in [1.54, 1.807) is 29.3 Å². The van der Waals surface area contributed by atoms with Gasteiger partial charge in [0.1, 0.15) is 17.0 Å². The van der Waals surface area contributed by atoms with Gasteiger partial charge in [0, 0.05) is 40.7 Å². The van der Waals surface area contributed by atoms with Gasteiger partial charge >= 0.3 is 0 Å². The van der Waals surface area contributed by atoms with Gasteiger partial charge in [-0.05, 0) is 54.7 Å². The zero-order valence-electron chi connectivity index (χ0n) is 24.6. The van der Waals surface area contributed by atoms with E-state index in [1.165, 1.54) is 25.3 Å². The summed E-state index contributed by atoms with van der Waals surface area (Å²) in [7, 11) is 1.45. The van der Waals surface area contributed by atoms with Crippen molar-refractivity contribution in [1.82, 2.24) is 9.88 Å². The van der Waals surface area contributed by atoms with Crippen LogP contribution in [0.25, 0.3) is 0 Å². The number of rotatable bonds is 5. The highest BCUT2D eigenvalue weighted by molar-refractivity contribution is 6.30. The van der Waals surface area contributed by atoms with Crippen molar-refractivity contribution < 1.29 is 23.5 Å². The number of benzene rings is 2. The first kappa shape index (κ1) is 29.1. The lowest BCUT2D eigenvalue weighted by atomic mass is 9.62. The number of carbonyl (C=O) groups is 3. The van der Waals surface area contributed by atoms with E-state index in [9.17, 15) is 14.4 Å². The number of anilines is 2. The fourth-order valence-electron chi connectivity index (χ4n) is 7.23. The molecule has 3 aromatic rings. The number of nitrogens with one attached hydrogen (secondary N) is 1. The zero-order valence-corrected chi connectivity index (χ0v) is 25.3. The molecule has 11 heteroatoms. The molecule has 6 rings (SSSR count). The lowest BCUT2D eigenvalue weighted by molar-refractivity contribution is -0.122. The Kier molecular flexibility index (Phi) is 6.78. The van der Waals surface area contributed by atoms with Crippen LogP contribution in [0.5, 0.6) is 5.75 Å². The molecule has 3 aliphatic rings. The van der Waals surface area contributed by atoms with Gasteiger partial charge in [-0.25, -0.2) is 4.39 Å². The molecule has 0 radical (unpaired) electrons. The van der Waals surface area contributed by atoms with Crippen LogP contribution in [-0.4, -0.2) is 53.5 Å². The number of nitrogens with zero attached hydrogens (tertiary/aromatic N) is 3. The summed E-state index contributed by atoms with van der Waals surface area (Å²) in [5, 5.41) is 2.96. The Balaban J connectivity index is 1.60. The Labute approximate surface area is 254 Å². The molecule has 2 saturated heterocycles. The molecule has 2 aromatic carbocycles. The highest BCUT2D eigenvalue weighted by Gasteiger charge is 2.71. The van der Waals surface area contributed by atoms with Crippen molar-refractivity contribution in [3.63, 3.8) is 0 Å². The van der Waals surface area contributed by atoms with Crippen LogP contribution in [0.1, 0.15) is 60.3 Å². The lowest BCUT2D eigenvalue weighted by Gasteiger charge is -2.40. The average molecular weight is 606 g/mol. The standard InChI is InChI=1S/C32H33ClFN5O4/c1-16-11-21-19(14-36-16)32(30(42)37-21)24(13-31(2,3)4)39-15-38(22-10-9-17(28(35)40)12-23(22)43-5)29(41)27(39)25(32)18-7-6-8-20(33)26(18)34/h6-12,14,24-25,27H,13,15H2,1-5H3,(H2,35,40)(H,37,42)/t24-,25-,27+,32?/m0/s1. The van der Waals surface area contributed by atoms with Crippen molar-refractivity contribution in [2.45, 2.75) is 57.5 Å². The molecule has 3 amide bonds. The second-order valence-electron chi connectivity index (χ2n) is 12.7. The van der Waals surface area contributed by atoms with E-state index < -0.39 is 35.1 Å². The van der Waals surface area contributed by atoms with Crippen LogP contribution in [0.2, 0.25) is 5.02 Å². The van der Waals surface area contributed by atoms with Gasteiger partial charge in [0.15, 0.2) is 0 Å². The summed E-state index contributed by atoms with van der Waals surface area (Å²) < 4.78 is 21.6. The normalized spacial score (nSPS) is 24.8. The third kappa shape index (κ3) is 4.30. The van der Waals surface area contributed by atoms with E-state index in [2.05, 4.69) is 31.1 Å². The van der Waals surface area contributed by atoms with Crippen LogP contribution in [0.15, 0.2) is 48.7 Å². The minimum atomic E-state index is -1.33. The largest absolute Gasteiger partial charge is 0.495 e. The number of pyridine rings is 1. The van der Waals surface area contributed by atoms with E-state index in [0.717, 1.165) is 5.69 Å². The summed E-state index contributed by atoms with van der Waals surface area (Å²) in [6.07, 6.45) is 2.20. The number of fused-ring (bicyclic) bond motifs is 3. The predicted octanol–water partition coefficient (Wildman–Crippen LogP) is 4.76. The van der Waals surface area contributed by atoms with Crippen molar-refractivity contribution in [2.24, 2.45) is 11.1 Å². The summed E-state index contributed by atoms with van der Waals surface area (Å²) in [4.78, 5) is 49.0.